The summed E-state index contributed by atoms with van der Waals surface area (Å²) in [5.41, 5.74) is 0.596. The highest BCUT2D eigenvalue weighted by Crippen LogP contribution is 2.07. The highest BCUT2D eigenvalue weighted by molar-refractivity contribution is 5.87. The molecule has 1 rings (SSSR count). The smallest absolute Gasteiger partial charge is 0.333 e. The van der Waals surface area contributed by atoms with Crippen LogP contribution in [0.1, 0.15) is 26.2 Å². The number of carbonyl (C=O) groups is 1. The van der Waals surface area contributed by atoms with E-state index in [4.69, 9.17) is 4.74 Å². The SMILES string of the molecule is COC(=O)C(C)=CCOCC1CCCCN1. The molecule has 1 atom stereocenters. The number of nitrogens with one attached hydrogen (secondary N) is 1. The predicted molar refractivity (Wildman–Crippen MR) is 62.2 cm³/mol. The molecule has 0 spiro atoms. The fourth-order valence-electron chi connectivity index (χ4n) is 1.70. The van der Waals surface area contributed by atoms with Gasteiger partial charge in [-0.3, -0.25) is 0 Å². The summed E-state index contributed by atoms with van der Waals surface area (Å²) in [6, 6.07) is 0.473. The van der Waals surface area contributed by atoms with Crippen LogP contribution in [0.15, 0.2) is 11.6 Å². The third-order valence-corrected chi connectivity index (χ3v) is 2.75. The van der Waals surface area contributed by atoms with E-state index >= 15 is 0 Å². The zero-order valence-corrected chi connectivity index (χ0v) is 10.1. The monoisotopic (exact) mass is 227 g/mol. The lowest BCUT2D eigenvalue weighted by Gasteiger charge is -2.22. The summed E-state index contributed by atoms with van der Waals surface area (Å²) < 4.78 is 10.1. The van der Waals surface area contributed by atoms with Crippen LogP contribution in [0.3, 0.4) is 0 Å². The summed E-state index contributed by atoms with van der Waals surface area (Å²) in [7, 11) is 1.38. The molecule has 0 bridgehead atoms. The van der Waals surface area contributed by atoms with E-state index in [-0.39, 0.29) is 5.97 Å². The average Bonchev–Trinajstić information content (AvgIpc) is 2.34. The molecule has 1 aliphatic rings. The molecule has 4 heteroatoms. The molecule has 1 aliphatic heterocycles. The lowest BCUT2D eigenvalue weighted by molar-refractivity contribution is -0.136. The summed E-state index contributed by atoms with van der Waals surface area (Å²) >= 11 is 0. The van der Waals surface area contributed by atoms with Crippen LogP contribution in [0.5, 0.6) is 0 Å². The summed E-state index contributed by atoms with van der Waals surface area (Å²) in [6.45, 7) is 4.00. The van der Waals surface area contributed by atoms with Gasteiger partial charge in [-0.15, -0.1) is 0 Å². The molecule has 16 heavy (non-hydrogen) atoms. The number of hydrogen-bond acceptors (Lipinski definition) is 4. The van der Waals surface area contributed by atoms with Gasteiger partial charge in [0, 0.05) is 11.6 Å². The molecule has 0 aliphatic carbocycles. The number of esters is 1. The molecule has 0 saturated carbocycles. The van der Waals surface area contributed by atoms with E-state index in [9.17, 15) is 4.79 Å². The van der Waals surface area contributed by atoms with Crippen LogP contribution in [-0.2, 0) is 14.3 Å². The highest BCUT2D eigenvalue weighted by Gasteiger charge is 2.11. The second kappa shape index (κ2) is 7.41. The zero-order valence-electron chi connectivity index (χ0n) is 10.1. The number of carbonyl (C=O) groups excluding carboxylic acids is 1. The van der Waals surface area contributed by atoms with Crippen LogP contribution in [0.4, 0.5) is 0 Å². The van der Waals surface area contributed by atoms with Gasteiger partial charge in [-0.2, -0.15) is 0 Å². The molecule has 1 N–H and O–H groups in total. The Morgan fingerprint density at radius 2 is 2.31 bits per heavy atom. The lowest BCUT2D eigenvalue weighted by Crippen LogP contribution is -2.37. The maximum atomic E-state index is 11.0. The molecule has 0 aromatic rings. The van der Waals surface area contributed by atoms with Gasteiger partial charge in [-0.05, 0) is 32.4 Å². The minimum Gasteiger partial charge on any atom is -0.466 e. The molecule has 0 aromatic carbocycles. The van der Waals surface area contributed by atoms with E-state index in [1.165, 1.54) is 26.4 Å². The Hall–Kier alpha value is -0.870. The average molecular weight is 227 g/mol. The Labute approximate surface area is 97.0 Å². The van der Waals surface area contributed by atoms with Crippen molar-refractivity contribution in [2.45, 2.75) is 32.2 Å². The molecule has 0 radical (unpaired) electrons. The van der Waals surface area contributed by atoms with Gasteiger partial charge in [-0.1, -0.05) is 6.42 Å². The van der Waals surface area contributed by atoms with E-state index in [0.29, 0.717) is 24.8 Å². The maximum absolute atomic E-state index is 11.0. The Morgan fingerprint density at radius 3 is 2.94 bits per heavy atom. The van der Waals surface area contributed by atoms with Gasteiger partial charge >= 0.3 is 5.97 Å². The van der Waals surface area contributed by atoms with E-state index in [0.717, 1.165) is 6.54 Å². The van der Waals surface area contributed by atoms with E-state index in [1.54, 1.807) is 13.0 Å². The van der Waals surface area contributed by atoms with Crippen LogP contribution < -0.4 is 5.32 Å². The molecule has 0 amide bonds. The summed E-state index contributed by atoms with van der Waals surface area (Å²) in [4.78, 5) is 11.0. The third-order valence-electron chi connectivity index (χ3n) is 2.75. The first-order valence-electron chi connectivity index (χ1n) is 5.80. The predicted octanol–water partition coefficient (Wildman–Crippen LogP) is 1.26. The van der Waals surface area contributed by atoms with Gasteiger partial charge in [0.25, 0.3) is 0 Å². The van der Waals surface area contributed by atoms with Gasteiger partial charge in [0.1, 0.15) is 0 Å². The first-order chi connectivity index (χ1) is 7.74. The standard InChI is InChI=1S/C12H21NO3/c1-10(12(14)15-2)6-8-16-9-11-5-3-4-7-13-11/h6,11,13H,3-5,7-9H2,1-2H3. The Bertz CT molecular complexity index is 245. The molecule has 1 saturated heterocycles. The Morgan fingerprint density at radius 1 is 1.50 bits per heavy atom. The molecule has 1 fully saturated rings. The first-order valence-corrected chi connectivity index (χ1v) is 5.80. The van der Waals surface area contributed by atoms with Crippen LogP contribution in [-0.4, -0.2) is 38.9 Å². The van der Waals surface area contributed by atoms with Crippen LogP contribution in [0.2, 0.25) is 0 Å². The Kier molecular flexibility index (Phi) is 6.11. The van der Waals surface area contributed by atoms with Crippen molar-refractivity contribution in [3.63, 3.8) is 0 Å². The quantitative estimate of drug-likeness (QED) is 0.436. The first kappa shape index (κ1) is 13.2. The largest absolute Gasteiger partial charge is 0.466 e. The van der Waals surface area contributed by atoms with Crippen molar-refractivity contribution in [3.8, 4) is 0 Å². The van der Waals surface area contributed by atoms with Crippen molar-refractivity contribution in [2.75, 3.05) is 26.9 Å². The van der Waals surface area contributed by atoms with Gasteiger partial charge in [0.05, 0.1) is 20.3 Å². The normalized spacial score (nSPS) is 21.9. The number of piperidine rings is 1. The van der Waals surface area contributed by atoms with Crippen molar-refractivity contribution >= 4 is 5.97 Å². The van der Waals surface area contributed by atoms with Crippen molar-refractivity contribution in [1.82, 2.24) is 5.32 Å². The molecule has 1 unspecified atom stereocenters. The molecule has 4 nitrogen and oxygen atoms in total. The van der Waals surface area contributed by atoms with Crippen molar-refractivity contribution in [2.24, 2.45) is 0 Å². The van der Waals surface area contributed by atoms with Gasteiger partial charge < -0.3 is 14.8 Å². The summed E-state index contributed by atoms with van der Waals surface area (Å²) in [6.07, 6.45) is 5.48. The van der Waals surface area contributed by atoms with Crippen molar-refractivity contribution in [1.29, 1.82) is 0 Å². The maximum Gasteiger partial charge on any atom is 0.333 e. The van der Waals surface area contributed by atoms with Crippen LogP contribution >= 0.6 is 0 Å². The minimum absolute atomic E-state index is 0.292. The van der Waals surface area contributed by atoms with Crippen molar-refractivity contribution in [3.05, 3.63) is 11.6 Å². The summed E-state index contributed by atoms with van der Waals surface area (Å²) in [5.74, 6) is -0.292. The van der Waals surface area contributed by atoms with Crippen LogP contribution in [0.25, 0.3) is 0 Å². The third kappa shape index (κ3) is 4.77. The fourth-order valence-corrected chi connectivity index (χ4v) is 1.70. The van der Waals surface area contributed by atoms with Gasteiger partial charge in [0.15, 0.2) is 0 Å². The van der Waals surface area contributed by atoms with E-state index in [2.05, 4.69) is 10.1 Å². The van der Waals surface area contributed by atoms with Crippen LogP contribution in [0, 0.1) is 0 Å². The fraction of sp³-hybridized carbons (Fsp3) is 0.750. The highest BCUT2D eigenvalue weighted by atomic mass is 16.5. The molecule has 0 aromatic heterocycles. The Balaban J connectivity index is 2.12. The molecular weight excluding hydrogens is 206 g/mol. The van der Waals surface area contributed by atoms with E-state index in [1.807, 2.05) is 0 Å². The number of rotatable bonds is 5. The van der Waals surface area contributed by atoms with Crippen molar-refractivity contribution < 1.29 is 14.3 Å². The number of methoxy groups -OCH3 is 1. The van der Waals surface area contributed by atoms with Gasteiger partial charge in [-0.25, -0.2) is 4.79 Å². The number of hydrogen-bond donors (Lipinski definition) is 1. The second-order valence-electron chi connectivity index (χ2n) is 4.06. The molecule has 1 heterocycles. The number of ether oxygens (including phenoxy) is 2. The molecule has 92 valence electrons. The minimum atomic E-state index is -0.292. The second-order valence-corrected chi connectivity index (χ2v) is 4.06. The lowest BCUT2D eigenvalue weighted by atomic mass is 10.1. The topological polar surface area (TPSA) is 47.6 Å². The molecular formula is C12H21NO3. The van der Waals surface area contributed by atoms with Gasteiger partial charge in [0.2, 0.25) is 0 Å². The van der Waals surface area contributed by atoms with E-state index < -0.39 is 0 Å². The summed E-state index contributed by atoms with van der Waals surface area (Å²) in [5, 5.41) is 3.40. The zero-order chi connectivity index (χ0) is 11.8.